The molecule has 0 unspecified atom stereocenters. The number of amides is 1. The van der Waals surface area contributed by atoms with Crippen LogP contribution in [-0.4, -0.2) is 36.7 Å². The summed E-state index contributed by atoms with van der Waals surface area (Å²) in [6.45, 7) is 5.19. The van der Waals surface area contributed by atoms with Gasteiger partial charge < -0.3 is 10.2 Å². The third kappa shape index (κ3) is 6.64. The second-order valence-electron chi connectivity index (χ2n) is 5.07. The highest BCUT2D eigenvalue weighted by Gasteiger charge is 2.04. The third-order valence-electron chi connectivity index (χ3n) is 2.72. The summed E-state index contributed by atoms with van der Waals surface area (Å²) in [6, 6.07) is 9.05. The summed E-state index contributed by atoms with van der Waals surface area (Å²) in [6.07, 6.45) is 0.592. The maximum absolute atomic E-state index is 11.4. The summed E-state index contributed by atoms with van der Waals surface area (Å²) in [7, 11) is 3.59. The van der Waals surface area contributed by atoms with Gasteiger partial charge in [-0.25, -0.2) is 0 Å². The number of hydrogen-bond donors (Lipinski definition) is 1. The smallest absolute Gasteiger partial charge is 0.222 e. The molecule has 0 spiro atoms. The number of rotatable bonds is 7. The van der Waals surface area contributed by atoms with Crippen molar-refractivity contribution in [2.75, 3.05) is 19.8 Å². The number of carbonyl (C=O) groups excluding carboxylic acids is 1. The maximum Gasteiger partial charge on any atom is 0.222 e. The van der Waals surface area contributed by atoms with Gasteiger partial charge in [0.1, 0.15) is 0 Å². The third-order valence-corrected chi connectivity index (χ3v) is 3.73. The van der Waals surface area contributed by atoms with Crippen molar-refractivity contribution in [2.45, 2.75) is 37.8 Å². The molecule has 0 bridgehead atoms. The molecule has 0 aliphatic heterocycles. The molecule has 4 heteroatoms. The summed E-state index contributed by atoms with van der Waals surface area (Å²) in [4.78, 5) is 14.3. The second kappa shape index (κ2) is 8.23. The molecule has 0 atom stereocenters. The number of thioether (sulfide) groups is 1. The van der Waals surface area contributed by atoms with E-state index in [-0.39, 0.29) is 5.91 Å². The Morgan fingerprint density at radius 3 is 2.42 bits per heavy atom. The average Bonchev–Trinajstić information content (AvgIpc) is 2.37. The van der Waals surface area contributed by atoms with Gasteiger partial charge in [-0.2, -0.15) is 0 Å². The van der Waals surface area contributed by atoms with E-state index in [1.54, 1.807) is 30.8 Å². The van der Waals surface area contributed by atoms with E-state index in [9.17, 15) is 4.79 Å². The minimum atomic E-state index is 0.185. The highest BCUT2D eigenvalue weighted by molar-refractivity contribution is 7.99. The summed E-state index contributed by atoms with van der Waals surface area (Å²) >= 11 is 1.73. The van der Waals surface area contributed by atoms with E-state index in [0.29, 0.717) is 12.5 Å². The molecule has 1 rings (SSSR count). The first-order valence-corrected chi connectivity index (χ1v) is 7.63. The lowest BCUT2D eigenvalue weighted by Gasteiger charge is -2.10. The molecule has 1 amide bonds. The Morgan fingerprint density at radius 2 is 1.89 bits per heavy atom. The van der Waals surface area contributed by atoms with Crippen LogP contribution in [0.25, 0.3) is 0 Å². The number of hydrogen-bond acceptors (Lipinski definition) is 3. The van der Waals surface area contributed by atoms with E-state index >= 15 is 0 Å². The van der Waals surface area contributed by atoms with Gasteiger partial charge in [-0.15, -0.1) is 11.8 Å². The molecule has 0 radical (unpaired) electrons. The van der Waals surface area contributed by atoms with Crippen LogP contribution in [0, 0.1) is 0 Å². The van der Waals surface area contributed by atoms with E-state index in [1.165, 1.54) is 10.5 Å². The lowest BCUT2D eigenvalue weighted by atomic mass is 10.2. The Labute approximate surface area is 120 Å². The van der Waals surface area contributed by atoms with Crippen molar-refractivity contribution >= 4 is 17.7 Å². The van der Waals surface area contributed by atoms with Gasteiger partial charge in [0, 0.05) is 43.8 Å². The van der Waals surface area contributed by atoms with Crippen molar-refractivity contribution in [3.63, 3.8) is 0 Å². The number of benzene rings is 1. The highest BCUT2D eigenvalue weighted by Crippen LogP contribution is 2.19. The quantitative estimate of drug-likeness (QED) is 0.780. The van der Waals surface area contributed by atoms with Crippen LogP contribution < -0.4 is 5.32 Å². The molecule has 106 valence electrons. The molecule has 0 aliphatic rings. The molecule has 0 saturated heterocycles. The molecule has 3 nitrogen and oxygen atoms in total. The molecular formula is C15H24N2OS. The van der Waals surface area contributed by atoms with Crippen LogP contribution in [0.5, 0.6) is 0 Å². The first kappa shape index (κ1) is 16.1. The molecule has 0 heterocycles. The van der Waals surface area contributed by atoms with Crippen molar-refractivity contribution < 1.29 is 4.79 Å². The van der Waals surface area contributed by atoms with E-state index in [4.69, 9.17) is 0 Å². The van der Waals surface area contributed by atoms with Crippen molar-refractivity contribution in [2.24, 2.45) is 0 Å². The minimum absolute atomic E-state index is 0.185. The molecule has 0 fully saturated rings. The first-order chi connectivity index (χ1) is 8.99. The molecule has 19 heavy (non-hydrogen) atoms. The second-order valence-corrected chi connectivity index (χ2v) is 6.23. The Kier molecular flexibility index (Phi) is 6.95. The Balaban J connectivity index is 2.34. The van der Waals surface area contributed by atoms with Crippen molar-refractivity contribution in [3.05, 3.63) is 29.8 Å². The average molecular weight is 280 g/mol. The topological polar surface area (TPSA) is 32.3 Å². The van der Waals surface area contributed by atoms with E-state index in [1.807, 2.05) is 0 Å². The van der Waals surface area contributed by atoms with Crippen LogP contribution in [0.3, 0.4) is 0 Å². The fourth-order valence-electron chi connectivity index (χ4n) is 1.51. The lowest BCUT2D eigenvalue weighted by molar-refractivity contribution is -0.128. The van der Waals surface area contributed by atoms with E-state index < -0.39 is 0 Å². The number of nitrogens with zero attached hydrogens (tertiary/aromatic N) is 1. The van der Waals surface area contributed by atoms with E-state index in [2.05, 4.69) is 43.4 Å². The zero-order valence-electron chi connectivity index (χ0n) is 12.3. The maximum atomic E-state index is 11.4. The summed E-state index contributed by atoms with van der Waals surface area (Å²) in [5.74, 6) is 1.02. The van der Waals surface area contributed by atoms with Crippen LogP contribution >= 0.6 is 11.8 Å². The highest BCUT2D eigenvalue weighted by atomic mass is 32.2. The van der Waals surface area contributed by atoms with Crippen LogP contribution in [0.1, 0.15) is 25.8 Å². The predicted octanol–water partition coefficient (Wildman–Crippen LogP) is 2.76. The Hall–Kier alpha value is -1.00. The molecular weight excluding hydrogens is 256 g/mol. The summed E-state index contributed by atoms with van der Waals surface area (Å²) < 4.78 is 0. The predicted molar refractivity (Wildman–Crippen MR) is 82.5 cm³/mol. The molecule has 1 N–H and O–H groups in total. The van der Waals surface area contributed by atoms with Crippen LogP contribution in [-0.2, 0) is 11.3 Å². The van der Waals surface area contributed by atoms with Crippen LogP contribution in [0.4, 0.5) is 0 Å². The first-order valence-electron chi connectivity index (χ1n) is 6.64. The van der Waals surface area contributed by atoms with Crippen molar-refractivity contribution in [1.82, 2.24) is 10.2 Å². The number of carbonyl (C=O) groups is 1. The van der Waals surface area contributed by atoms with Crippen molar-refractivity contribution in [3.8, 4) is 0 Å². The zero-order chi connectivity index (χ0) is 14.3. The van der Waals surface area contributed by atoms with Gasteiger partial charge >= 0.3 is 0 Å². The molecule has 1 aromatic rings. The van der Waals surface area contributed by atoms with Gasteiger partial charge in [-0.05, 0) is 17.7 Å². The SMILES string of the molecule is CC(C)NCc1ccc(SCCC(=O)N(C)C)cc1. The Morgan fingerprint density at radius 1 is 1.26 bits per heavy atom. The van der Waals surface area contributed by atoms with E-state index in [0.717, 1.165) is 12.3 Å². The molecule has 0 aliphatic carbocycles. The normalized spacial score (nSPS) is 10.8. The van der Waals surface area contributed by atoms with Crippen LogP contribution in [0.15, 0.2) is 29.2 Å². The Bertz CT molecular complexity index is 388. The van der Waals surface area contributed by atoms with Gasteiger partial charge in [0.25, 0.3) is 0 Å². The summed E-state index contributed by atoms with van der Waals surface area (Å²) in [5, 5.41) is 3.39. The monoisotopic (exact) mass is 280 g/mol. The minimum Gasteiger partial charge on any atom is -0.349 e. The summed E-state index contributed by atoms with van der Waals surface area (Å²) in [5.41, 5.74) is 1.29. The fourth-order valence-corrected chi connectivity index (χ4v) is 2.35. The van der Waals surface area contributed by atoms with Gasteiger partial charge in [0.15, 0.2) is 0 Å². The van der Waals surface area contributed by atoms with Gasteiger partial charge in [0.2, 0.25) is 5.91 Å². The van der Waals surface area contributed by atoms with Gasteiger partial charge in [-0.1, -0.05) is 26.0 Å². The largest absolute Gasteiger partial charge is 0.349 e. The lowest BCUT2D eigenvalue weighted by Crippen LogP contribution is -2.21. The zero-order valence-corrected chi connectivity index (χ0v) is 13.1. The number of nitrogens with one attached hydrogen (secondary N) is 1. The van der Waals surface area contributed by atoms with Gasteiger partial charge in [-0.3, -0.25) is 4.79 Å². The van der Waals surface area contributed by atoms with Gasteiger partial charge in [0.05, 0.1) is 0 Å². The molecule has 0 saturated carbocycles. The van der Waals surface area contributed by atoms with Crippen LogP contribution in [0.2, 0.25) is 0 Å². The fraction of sp³-hybridized carbons (Fsp3) is 0.533. The molecule has 1 aromatic carbocycles. The van der Waals surface area contributed by atoms with Crippen molar-refractivity contribution in [1.29, 1.82) is 0 Å². The standard InChI is InChI=1S/C15H24N2OS/c1-12(2)16-11-13-5-7-14(8-6-13)19-10-9-15(18)17(3)4/h5-8,12,16H,9-11H2,1-4H3. The molecule has 0 aromatic heterocycles.